The van der Waals surface area contributed by atoms with Crippen molar-refractivity contribution in [1.82, 2.24) is 15.0 Å². The lowest BCUT2D eigenvalue weighted by molar-refractivity contribution is 0.356. The fraction of sp³-hybridized carbons (Fsp3) is 0.150. The Morgan fingerprint density at radius 3 is 2.48 bits per heavy atom. The van der Waals surface area contributed by atoms with Crippen molar-refractivity contribution < 1.29 is 14.2 Å². The molecule has 0 unspecified atom stereocenters. The zero-order chi connectivity index (χ0) is 20.4. The van der Waals surface area contributed by atoms with Crippen molar-refractivity contribution in [3.8, 4) is 28.5 Å². The van der Waals surface area contributed by atoms with Gasteiger partial charge in [0.1, 0.15) is 11.6 Å². The minimum atomic E-state index is 0.122. The molecule has 0 spiro atoms. The van der Waals surface area contributed by atoms with Crippen LogP contribution in [0.5, 0.6) is 17.2 Å². The first-order valence-electron chi connectivity index (χ1n) is 8.57. The van der Waals surface area contributed by atoms with Gasteiger partial charge in [-0.2, -0.15) is 4.98 Å². The Morgan fingerprint density at radius 1 is 0.931 bits per heavy atom. The van der Waals surface area contributed by atoms with Crippen LogP contribution in [0.4, 0.5) is 10.9 Å². The minimum absolute atomic E-state index is 0.122. The Balaban J connectivity index is 1.72. The predicted octanol–water partition coefficient (Wildman–Crippen LogP) is 5.18. The highest BCUT2D eigenvalue weighted by molar-refractivity contribution is 7.14. The first-order valence-corrected chi connectivity index (χ1v) is 9.83. The number of nitrogens with one attached hydrogen (secondary N) is 1. The number of thiazole rings is 1. The van der Waals surface area contributed by atoms with Crippen LogP contribution < -0.4 is 19.5 Å². The van der Waals surface area contributed by atoms with Gasteiger partial charge < -0.3 is 19.5 Å². The number of aromatic nitrogens is 3. The molecule has 0 fully saturated rings. The lowest BCUT2D eigenvalue weighted by Crippen LogP contribution is -1.99. The average molecular weight is 429 g/mol. The molecule has 148 valence electrons. The minimum Gasteiger partial charge on any atom is -0.497 e. The van der Waals surface area contributed by atoms with Gasteiger partial charge in [0.05, 0.1) is 32.5 Å². The van der Waals surface area contributed by atoms with Gasteiger partial charge in [-0.3, -0.25) is 0 Å². The Morgan fingerprint density at radius 2 is 1.72 bits per heavy atom. The highest BCUT2D eigenvalue weighted by Crippen LogP contribution is 2.36. The third-order valence-electron chi connectivity index (χ3n) is 4.27. The molecule has 7 nitrogen and oxygen atoms in total. The normalized spacial score (nSPS) is 10.8. The van der Waals surface area contributed by atoms with E-state index in [2.05, 4.69) is 20.3 Å². The van der Waals surface area contributed by atoms with Crippen LogP contribution in [0.1, 0.15) is 0 Å². The number of methoxy groups -OCH3 is 3. The van der Waals surface area contributed by atoms with E-state index >= 15 is 0 Å². The third kappa shape index (κ3) is 3.90. The van der Waals surface area contributed by atoms with Gasteiger partial charge in [0.2, 0.25) is 5.28 Å². The van der Waals surface area contributed by atoms with Crippen molar-refractivity contribution in [2.45, 2.75) is 0 Å². The maximum atomic E-state index is 6.13. The Labute approximate surface area is 176 Å². The number of hydrogen-bond acceptors (Lipinski definition) is 8. The van der Waals surface area contributed by atoms with Crippen LogP contribution in [0.2, 0.25) is 5.28 Å². The van der Waals surface area contributed by atoms with Gasteiger partial charge in [0.25, 0.3) is 0 Å². The Kier molecular flexibility index (Phi) is 5.37. The summed E-state index contributed by atoms with van der Waals surface area (Å²) >= 11 is 7.59. The van der Waals surface area contributed by atoms with E-state index in [1.807, 2.05) is 35.7 Å². The maximum Gasteiger partial charge on any atom is 0.224 e. The third-order valence-corrected chi connectivity index (χ3v) is 5.20. The molecule has 4 rings (SSSR count). The van der Waals surface area contributed by atoms with Crippen molar-refractivity contribution in [3.63, 3.8) is 0 Å². The molecule has 2 heterocycles. The lowest BCUT2D eigenvalue weighted by atomic mass is 10.2. The molecule has 2 aromatic carbocycles. The van der Waals surface area contributed by atoms with E-state index in [-0.39, 0.29) is 5.28 Å². The van der Waals surface area contributed by atoms with Gasteiger partial charge in [-0.1, -0.05) is 12.1 Å². The molecule has 0 atom stereocenters. The first-order chi connectivity index (χ1) is 14.1. The number of benzene rings is 2. The molecular weight excluding hydrogens is 412 g/mol. The van der Waals surface area contributed by atoms with Gasteiger partial charge in [0, 0.05) is 22.4 Å². The highest BCUT2D eigenvalue weighted by Gasteiger charge is 2.14. The smallest absolute Gasteiger partial charge is 0.224 e. The summed E-state index contributed by atoms with van der Waals surface area (Å²) < 4.78 is 16.0. The standard InChI is InChI=1S/C20H17ClN4O3S/c1-26-12-6-4-5-11(7-12)15-10-29-20(23-15)25-18-13-8-16(27-2)17(28-3)9-14(13)22-19(21)24-18/h4-10H,1-3H3,(H,22,23,24,25). The lowest BCUT2D eigenvalue weighted by Gasteiger charge is -2.11. The molecule has 1 N–H and O–H groups in total. The fourth-order valence-corrected chi connectivity index (χ4v) is 3.76. The summed E-state index contributed by atoms with van der Waals surface area (Å²) in [5, 5.41) is 6.74. The van der Waals surface area contributed by atoms with Crippen molar-refractivity contribution in [2.24, 2.45) is 0 Å². The number of fused-ring (bicyclic) bond motifs is 1. The van der Waals surface area contributed by atoms with E-state index in [9.17, 15) is 0 Å². The van der Waals surface area contributed by atoms with Gasteiger partial charge in [-0.15, -0.1) is 11.3 Å². The van der Waals surface area contributed by atoms with E-state index in [4.69, 9.17) is 25.8 Å². The summed E-state index contributed by atoms with van der Waals surface area (Å²) in [5.74, 6) is 2.45. The van der Waals surface area contributed by atoms with E-state index in [0.717, 1.165) is 22.4 Å². The molecule has 0 aliphatic heterocycles. The van der Waals surface area contributed by atoms with E-state index < -0.39 is 0 Å². The number of ether oxygens (including phenoxy) is 3. The zero-order valence-electron chi connectivity index (χ0n) is 15.9. The van der Waals surface area contributed by atoms with E-state index in [0.29, 0.717) is 28.0 Å². The molecule has 9 heteroatoms. The highest BCUT2D eigenvalue weighted by atomic mass is 35.5. The monoisotopic (exact) mass is 428 g/mol. The number of nitrogens with zero attached hydrogens (tertiary/aromatic N) is 3. The molecule has 0 radical (unpaired) electrons. The predicted molar refractivity (Wildman–Crippen MR) is 115 cm³/mol. The van der Waals surface area contributed by atoms with E-state index in [1.165, 1.54) is 11.3 Å². The number of halogens is 1. The summed E-state index contributed by atoms with van der Waals surface area (Å²) in [7, 11) is 4.79. The van der Waals surface area contributed by atoms with Gasteiger partial charge in [0.15, 0.2) is 16.6 Å². The molecule has 0 saturated heterocycles. The second-order valence-electron chi connectivity index (χ2n) is 5.96. The molecule has 4 aromatic rings. The topological polar surface area (TPSA) is 78.4 Å². The summed E-state index contributed by atoms with van der Waals surface area (Å²) in [6.45, 7) is 0. The average Bonchev–Trinajstić information content (AvgIpc) is 3.21. The fourth-order valence-electron chi connectivity index (χ4n) is 2.87. The second kappa shape index (κ2) is 8.10. The molecule has 29 heavy (non-hydrogen) atoms. The van der Waals surface area contributed by atoms with Crippen LogP contribution in [-0.4, -0.2) is 36.3 Å². The van der Waals surface area contributed by atoms with Crippen LogP contribution in [0, 0.1) is 0 Å². The molecule has 0 bridgehead atoms. The van der Waals surface area contributed by atoms with Crippen molar-refractivity contribution in [1.29, 1.82) is 0 Å². The molecule has 2 aromatic heterocycles. The van der Waals surface area contributed by atoms with Crippen LogP contribution in [0.25, 0.3) is 22.2 Å². The molecule has 0 amide bonds. The SMILES string of the molecule is COc1cccc(-c2csc(Nc3nc(Cl)nc4cc(OC)c(OC)cc34)n2)c1. The number of hydrogen-bond donors (Lipinski definition) is 1. The number of rotatable bonds is 6. The summed E-state index contributed by atoms with van der Waals surface area (Å²) in [6, 6.07) is 11.3. The van der Waals surface area contributed by atoms with Crippen molar-refractivity contribution in [3.05, 3.63) is 47.1 Å². The van der Waals surface area contributed by atoms with Crippen LogP contribution >= 0.6 is 22.9 Å². The van der Waals surface area contributed by atoms with Gasteiger partial charge in [-0.05, 0) is 29.8 Å². The quantitative estimate of drug-likeness (QED) is 0.424. The Bertz CT molecular complexity index is 1180. The first kappa shape index (κ1) is 19.2. The summed E-state index contributed by atoms with van der Waals surface area (Å²) in [5.41, 5.74) is 2.43. The molecule has 0 aliphatic carbocycles. The van der Waals surface area contributed by atoms with Gasteiger partial charge in [-0.25, -0.2) is 9.97 Å². The number of anilines is 2. The van der Waals surface area contributed by atoms with Crippen LogP contribution in [0.3, 0.4) is 0 Å². The van der Waals surface area contributed by atoms with E-state index in [1.54, 1.807) is 27.4 Å². The largest absolute Gasteiger partial charge is 0.497 e. The van der Waals surface area contributed by atoms with Crippen LogP contribution in [0.15, 0.2) is 41.8 Å². The van der Waals surface area contributed by atoms with Crippen molar-refractivity contribution >= 4 is 44.8 Å². The van der Waals surface area contributed by atoms with Crippen LogP contribution in [-0.2, 0) is 0 Å². The molecular formula is C20H17ClN4O3S. The summed E-state index contributed by atoms with van der Waals surface area (Å²) in [4.78, 5) is 13.3. The summed E-state index contributed by atoms with van der Waals surface area (Å²) in [6.07, 6.45) is 0. The second-order valence-corrected chi connectivity index (χ2v) is 7.16. The van der Waals surface area contributed by atoms with Gasteiger partial charge >= 0.3 is 0 Å². The molecule has 0 aliphatic rings. The van der Waals surface area contributed by atoms with Crippen molar-refractivity contribution in [2.75, 3.05) is 26.6 Å². The molecule has 0 saturated carbocycles. The maximum absolute atomic E-state index is 6.13. The Hall–Kier alpha value is -3.10. The zero-order valence-corrected chi connectivity index (χ0v) is 17.5.